The molecule has 2 heterocycles. The molecule has 0 spiro atoms. The van der Waals surface area contributed by atoms with E-state index in [1.165, 1.54) is 35.6 Å². The van der Waals surface area contributed by atoms with Gasteiger partial charge in [0.15, 0.2) is 0 Å². The molecule has 0 atom stereocenters. The Morgan fingerprint density at radius 1 is 1.24 bits per heavy atom. The van der Waals surface area contributed by atoms with Crippen molar-refractivity contribution in [2.75, 3.05) is 0 Å². The normalized spacial score (nSPS) is 11.6. The second-order valence-corrected chi connectivity index (χ2v) is 8.88. The summed E-state index contributed by atoms with van der Waals surface area (Å²) in [7, 11) is -3.75. The predicted molar refractivity (Wildman–Crippen MR) is 97.3 cm³/mol. The molecule has 0 amide bonds. The molecule has 7 nitrogen and oxygen atoms in total. The van der Waals surface area contributed by atoms with E-state index in [1.807, 2.05) is 24.4 Å². The number of nitrogens with zero attached hydrogens (tertiary/aromatic N) is 2. The Hall–Kier alpha value is -2.14. The number of nitrogens with one attached hydrogen (secondary N) is 1. The fourth-order valence-electron chi connectivity index (χ4n) is 2.09. The van der Waals surface area contributed by atoms with E-state index in [0.717, 1.165) is 20.5 Å². The van der Waals surface area contributed by atoms with Crippen molar-refractivity contribution >= 4 is 38.4 Å². The van der Waals surface area contributed by atoms with Crippen molar-refractivity contribution in [1.82, 2.24) is 9.71 Å². The van der Waals surface area contributed by atoms with E-state index >= 15 is 0 Å². The molecule has 0 unspecified atom stereocenters. The van der Waals surface area contributed by atoms with E-state index < -0.39 is 14.9 Å². The van der Waals surface area contributed by atoms with E-state index in [2.05, 4.69) is 9.71 Å². The van der Waals surface area contributed by atoms with Crippen LogP contribution in [0, 0.1) is 17.0 Å². The van der Waals surface area contributed by atoms with E-state index in [4.69, 9.17) is 0 Å². The summed E-state index contributed by atoms with van der Waals surface area (Å²) in [4.78, 5) is 16.4. The third-order valence-electron chi connectivity index (χ3n) is 3.41. The van der Waals surface area contributed by atoms with Crippen LogP contribution in [-0.2, 0) is 16.6 Å². The molecular weight excluding hydrogens is 382 g/mol. The number of thiazole rings is 1. The van der Waals surface area contributed by atoms with Gasteiger partial charge in [-0.05, 0) is 30.5 Å². The number of benzene rings is 1. The van der Waals surface area contributed by atoms with E-state index in [-0.39, 0.29) is 17.1 Å². The van der Waals surface area contributed by atoms with Gasteiger partial charge in [-0.3, -0.25) is 10.1 Å². The minimum absolute atomic E-state index is 0.0150. The molecule has 0 saturated heterocycles. The summed E-state index contributed by atoms with van der Waals surface area (Å²) in [6, 6.07) is 8.68. The summed E-state index contributed by atoms with van der Waals surface area (Å²) in [5, 5.41) is 13.5. The number of aryl methyl sites for hydroxylation is 1. The average Bonchev–Trinajstić information content (AvgIpc) is 3.23. The topological polar surface area (TPSA) is 102 Å². The zero-order valence-corrected chi connectivity index (χ0v) is 15.5. The van der Waals surface area contributed by atoms with Crippen LogP contribution in [0.2, 0.25) is 0 Å². The van der Waals surface area contributed by atoms with Crippen molar-refractivity contribution < 1.29 is 13.3 Å². The highest BCUT2D eigenvalue weighted by molar-refractivity contribution is 7.89. The largest absolute Gasteiger partial charge is 0.269 e. The second-order valence-electron chi connectivity index (χ2n) is 5.08. The lowest BCUT2D eigenvalue weighted by atomic mass is 10.3. The van der Waals surface area contributed by atoms with Crippen LogP contribution in [0.3, 0.4) is 0 Å². The molecule has 0 aliphatic heterocycles. The monoisotopic (exact) mass is 395 g/mol. The molecule has 130 valence electrons. The Morgan fingerprint density at radius 3 is 2.56 bits per heavy atom. The number of nitro groups is 1. The van der Waals surface area contributed by atoms with Crippen molar-refractivity contribution in [3.8, 4) is 9.88 Å². The fourth-order valence-corrected chi connectivity index (χ4v) is 4.97. The lowest BCUT2D eigenvalue weighted by molar-refractivity contribution is -0.384. The number of thiophene rings is 1. The lowest BCUT2D eigenvalue weighted by Crippen LogP contribution is -2.23. The first-order chi connectivity index (χ1) is 11.9. The quantitative estimate of drug-likeness (QED) is 0.508. The van der Waals surface area contributed by atoms with Gasteiger partial charge in [-0.1, -0.05) is 6.07 Å². The minimum atomic E-state index is -3.75. The highest BCUT2D eigenvalue weighted by atomic mass is 32.2. The number of hydrogen-bond donors (Lipinski definition) is 1. The van der Waals surface area contributed by atoms with Gasteiger partial charge in [-0.15, -0.1) is 22.7 Å². The average molecular weight is 395 g/mol. The highest BCUT2D eigenvalue weighted by Crippen LogP contribution is 2.31. The van der Waals surface area contributed by atoms with Crippen LogP contribution >= 0.6 is 22.7 Å². The van der Waals surface area contributed by atoms with Crippen molar-refractivity contribution in [2.45, 2.75) is 18.4 Å². The maximum atomic E-state index is 12.3. The van der Waals surface area contributed by atoms with Crippen LogP contribution in [0.1, 0.15) is 10.6 Å². The third-order valence-corrected chi connectivity index (χ3v) is 7.02. The van der Waals surface area contributed by atoms with Gasteiger partial charge in [-0.25, -0.2) is 18.1 Å². The molecule has 3 rings (SSSR count). The standard InChI is InChI=1S/C15H13N3O4S3/c1-10-14(24-15(17-10)13-3-2-8-23-13)9-16-25(21,22)12-6-4-11(5-7-12)18(19)20/h2-8,16H,9H2,1H3. The highest BCUT2D eigenvalue weighted by Gasteiger charge is 2.17. The van der Waals surface area contributed by atoms with Gasteiger partial charge in [0, 0.05) is 23.6 Å². The molecule has 10 heteroatoms. The Labute approximate surface area is 152 Å². The SMILES string of the molecule is Cc1nc(-c2cccs2)sc1CNS(=O)(=O)c1ccc([N+](=O)[O-])cc1. The van der Waals surface area contributed by atoms with E-state index in [9.17, 15) is 18.5 Å². The van der Waals surface area contributed by atoms with Gasteiger partial charge in [0.05, 0.1) is 20.4 Å². The predicted octanol–water partition coefficient (Wildman–Crippen LogP) is 3.57. The summed E-state index contributed by atoms with van der Waals surface area (Å²) in [5.41, 5.74) is 0.623. The van der Waals surface area contributed by atoms with Gasteiger partial charge in [0.25, 0.3) is 5.69 Å². The van der Waals surface area contributed by atoms with Gasteiger partial charge in [-0.2, -0.15) is 0 Å². The molecule has 0 bridgehead atoms. The summed E-state index contributed by atoms with van der Waals surface area (Å²) in [6.07, 6.45) is 0. The molecule has 1 aromatic carbocycles. The van der Waals surface area contributed by atoms with Gasteiger partial charge in [0.2, 0.25) is 10.0 Å². The second kappa shape index (κ2) is 7.00. The molecular formula is C15H13N3O4S3. The number of rotatable bonds is 6. The Kier molecular flexibility index (Phi) is 4.95. The molecule has 0 aliphatic carbocycles. The summed E-state index contributed by atoms with van der Waals surface area (Å²) in [5.74, 6) is 0. The first kappa shape index (κ1) is 17.7. The van der Waals surface area contributed by atoms with Crippen molar-refractivity contribution in [3.05, 3.63) is 62.5 Å². The van der Waals surface area contributed by atoms with Crippen LogP contribution in [0.15, 0.2) is 46.7 Å². The first-order valence-corrected chi connectivity index (χ1v) is 10.3. The smallest absolute Gasteiger partial charge is 0.258 e. The van der Waals surface area contributed by atoms with Gasteiger partial charge in [0.1, 0.15) is 5.01 Å². The summed E-state index contributed by atoms with van der Waals surface area (Å²) < 4.78 is 27.2. The Balaban J connectivity index is 1.75. The number of non-ortho nitro benzene ring substituents is 1. The van der Waals surface area contributed by atoms with E-state index in [1.54, 1.807) is 11.3 Å². The van der Waals surface area contributed by atoms with Gasteiger partial charge >= 0.3 is 0 Å². The molecule has 0 radical (unpaired) electrons. The maximum absolute atomic E-state index is 12.3. The number of hydrogen-bond acceptors (Lipinski definition) is 7. The van der Waals surface area contributed by atoms with Crippen LogP contribution in [0.5, 0.6) is 0 Å². The fraction of sp³-hybridized carbons (Fsp3) is 0.133. The van der Waals surface area contributed by atoms with Crippen molar-refractivity contribution in [1.29, 1.82) is 0 Å². The first-order valence-electron chi connectivity index (χ1n) is 7.11. The molecule has 0 aliphatic rings. The van der Waals surface area contributed by atoms with Crippen LogP contribution in [0.4, 0.5) is 5.69 Å². The Morgan fingerprint density at radius 2 is 1.96 bits per heavy atom. The molecule has 0 fully saturated rings. The number of aromatic nitrogens is 1. The van der Waals surface area contributed by atoms with Crippen LogP contribution in [0.25, 0.3) is 9.88 Å². The minimum Gasteiger partial charge on any atom is -0.258 e. The third kappa shape index (κ3) is 3.93. The van der Waals surface area contributed by atoms with Crippen LogP contribution < -0.4 is 4.72 Å². The summed E-state index contributed by atoms with van der Waals surface area (Å²) in [6.45, 7) is 1.96. The molecule has 1 N–H and O–H groups in total. The molecule has 0 saturated carbocycles. The number of sulfonamides is 1. The van der Waals surface area contributed by atoms with Gasteiger partial charge < -0.3 is 0 Å². The maximum Gasteiger partial charge on any atom is 0.269 e. The Bertz CT molecular complexity index is 993. The van der Waals surface area contributed by atoms with Crippen molar-refractivity contribution in [3.63, 3.8) is 0 Å². The van der Waals surface area contributed by atoms with E-state index in [0.29, 0.717) is 0 Å². The van der Waals surface area contributed by atoms with Crippen LogP contribution in [-0.4, -0.2) is 18.3 Å². The molecule has 3 aromatic rings. The van der Waals surface area contributed by atoms with Crippen molar-refractivity contribution in [2.24, 2.45) is 0 Å². The number of nitro benzene ring substituents is 1. The summed E-state index contributed by atoms with van der Waals surface area (Å²) >= 11 is 3.02. The molecule has 2 aromatic heterocycles. The molecule has 25 heavy (non-hydrogen) atoms. The zero-order valence-electron chi connectivity index (χ0n) is 13.0. The lowest BCUT2D eigenvalue weighted by Gasteiger charge is -2.05. The zero-order chi connectivity index (χ0) is 18.0.